The maximum atomic E-state index is 15.7. The summed E-state index contributed by atoms with van der Waals surface area (Å²) >= 11 is 0. The van der Waals surface area contributed by atoms with Crippen LogP contribution < -0.4 is 15.5 Å². The molecule has 1 aliphatic carbocycles. The van der Waals surface area contributed by atoms with Crippen molar-refractivity contribution in [3.63, 3.8) is 0 Å². The molecule has 0 bridgehead atoms. The summed E-state index contributed by atoms with van der Waals surface area (Å²) in [6.07, 6.45) is 7.97. The van der Waals surface area contributed by atoms with Gasteiger partial charge >= 0.3 is 0 Å². The van der Waals surface area contributed by atoms with Gasteiger partial charge in [-0.3, -0.25) is 9.59 Å². The maximum Gasteiger partial charge on any atom is 0.254 e. The number of hydrogen-bond donors (Lipinski definition) is 3. The Bertz CT molecular complexity index is 1060. The maximum absolute atomic E-state index is 15.7. The fourth-order valence-electron chi connectivity index (χ4n) is 5.50. The third kappa shape index (κ3) is 7.17. The molecule has 2 aromatic carbocycles. The number of hydrogen-bond acceptors (Lipinski definition) is 4. The predicted molar refractivity (Wildman–Crippen MR) is 144 cm³/mol. The molecule has 1 saturated heterocycles. The summed E-state index contributed by atoms with van der Waals surface area (Å²) in [5.41, 5.74) is 1.90. The van der Waals surface area contributed by atoms with Crippen molar-refractivity contribution in [2.45, 2.75) is 89.3 Å². The van der Waals surface area contributed by atoms with E-state index in [4.69, 9.17) is 0 Å². The van der Waals surface area contributed by atoms with E-state index in [9.17, 15) is 14.7 Å². The highest BCUT2D eigenvalue weighted by Gasteiger charge is 2.29. The van der Waals surface area contributed by atoms with E-state index in [0.29, 0.717) is 44.8 Å². The standard InChI is InChI=1S/C30H40FN3O3/c1-2-10-22-17-24(29(31)26(19-22)34-16-9-15-28(34)36)30(37)33-25(18-21-11-5-3-6-12-21)27(35)20-32-23-13-7-4-8-14-23/h3,5-6,11-12,17,19,23,25,27,32,35H,2,4,7-10,13-16,18,20H2,1H3,(H,33,37)/t25-,27+/m0/s1. The van der Waals surface area contributed by atoms with Crippen LogP contribution in [-0.4, -0.2) is 48.2 Å². The van der Waals surface area contributed by atoms with Crippen LogP contribution in [0.15, 0.2) is 42.5 Å². The highest BCUT2D eigenvalue weighted by atomic mass is 19.1. The number of aliphatic hydroxyl groups is 1. The minimum absolute atomic E-state index is 0.0776. The van der Waals surface area contributed by atoms with Gasteiger partial charge in [0.15, 0.2) is 5.82 Å². The Labute approximate surface area is 219 Å². The number of carbonyl (C=O) groups is 2. The molecular formula is C30H40FN3O3. The Kier molecular flexibility index (Phi) is 9.69. The minimum atomic E-state index is -0.840. The first-order valence-electron chi connectivity index (χ1n) is 13.8. The van der Waals surface area contributed by atoms with Crippen LogP contribution in [-0.2, 0) is 17.6 Å². The third-order valence-electron chi connectivity index (χ3n) is 7.56. The lowest BCUT2D eigenvalue weighted by Crippen LogP contribution is -2.50. The molecule has 6 nitrogen and oxygen atoms in total. The molecule has 3 N–H and O–H groups in total. The number of nitrogens with one attached hydrogen (secondary N) is 2. The van der Waals surface area contributed by atoms with Crippen LogP contribution in [0.2, 0.25) is 0 Å². The lowest BCUT2D eigenvalue weighted by atomic mass is 9.94. The van der Waals surface area contributed by atoms with E-state index in [1.165, 1.54) is 24.2 Å². The van der Waals surface area contributed by atoms with Crippen LogP contribution in [0, 0.1) is 5.82 Å². The van der Waals surface area contributed by atoms with Gasteiger partial charge in [-0.1, -0.05) is 62.9 Å². The molecule has 2 aromatic rings. The molecule has 2 aliphatic rings. The van der Waals surface area contributed by atoms with Gasteiger partial charge in [0, 0.05) is 25.6 Å². The zero-order valence-corrected chi connectivity index (χ0v) is 21.8. The Morgan fingerprint density at radius 1 is 1.11 bits per heavy atom. The normalized spacial score (nSPS) is 18.1. The van der Waals surface area contributed by atoms with E-state index < -0.39 is 23.9 Å². The molecule has 1 saturated carbocycles. The van der Waals surface area contributed by atoms with Crippen LogP contribution in [0.4, 0.5) is 10.1 Å². The summed E-state index contributed by atoms with van der Waals surface area (Å²) in [5.74, 6) is -1.37. The summed E-state index contributed by atoms with van der Waals surface area (Å²) in [6.45, 7) is 2.83. The van der Waals surface area contributed by atoms with E-state index in [0.717, 1.165) is 30.4 Å². The number of nitrogens with zero attached hydrogens (tertiary/aromatic N) is 1. The molecule has 2 atom stereocenters. The fraction of sp³-hybridized carbons (Fsp3) is 0.533. The number of carbonyl (C=O) groups excluding carboxylic acids is 2. The molecule has 7 heteroatoms. The SMILES string of the molecule is CCCc1cc(C(=O)N[C@@H](Cc2ccccc2)[C@H](O)CNC2CCCCC2)c(F)c(N2CCCC2=O)c1. The molecule has 4 rings (SSSR count). The van der Waals surface area contributed by atoms with Gasteiger partial charge in [-0.05, 0) is 55.4 Å². The van der Waals surface area contributed by atoms with Crippen LogP contribution >= 0.6 is 0 Å². The first-order chi connectivity index (χ1) is 18.0. The van der Waals surface area contributed by atoms with Gasteiger partial charge < -0.3 is 20.6 Å². The molecule has 0 radical (unpaired) electrons. The molecule has 37 heavy (non-hydrogen) atoms. The molecule has 2 fully saturated rings. The molecular weight excluding hydrogens is 469 g/mol. The molecule has 0 aromatic heterocycles. The lowest BCUT2D eigenvalue weighted by molar-refractivity contribution is -0.117. The fourth-order valence-corrected chi connectivity index (χ4v) is 5.50. The van der Waals surface area contributed by atoms with Crippen LogP contribution in [0.5, 0.6) is 0 Å². The zero-order chi connectivity index (χ0) is 26.2. The average Bonchev–Trinajstić information content (AvgIpc) is 3.34. The molecule has 0 spiro atoms. The topological polar surface area (TPSA) is 81.7 Å². The number of halogens is 1. The van der Waals surface area contributed by atoms with E-state index in [2.05, 4.69) is 10.6 Å². The van der Waals surface area contributed by atoms with Crippen LogP contribution in [0.1, 0.15) is 79.8 Å². The predicted octanol–water partition coefficient (Wildman–Crippen LogP) is 4.53. The summed E-state index contributed by atoms with van der Waals surface area (Å²) in [4.78, 5) is 27.3. The van der Waals surface area contributed by atoms with E-state index in [1.54, 1.807) is 12.1 Å². The third-order valence-corrected chi connectivity index (χ3v) is 7.56. The second-order valence-electron chi connectivity index (χ2n) is 10.5. The summed E-state index contributed by atoms with van der Waals surface area (Å²) < 4.78 is 15.7. The Morgan fingerprint density at radius 3 is 2.54 bits per heavy atom. The van der Waals surface area contributed by atoms with Gasteiger partial charge in [0.05, 0.1) is 23.4 Å². The smallest absolute Gasteiger partial charge is 0.254 e. The van der Waals surface area contributed by atoms with Crippen molar-refractivity contribution >= 4 is 17.5 Å². The Balaban J connectivity index is 1.55. The van der Waals surface area contributed by atoms with Crippen molar-refractivity contribution in [1.82, 2.24) is 10.6 Å². The summed E-state index contributed by atoms with van der Waals surface area (Å²) in [5, 5.41) is 17.5. The molecule has 2 amide bonds. The van der Waals surface area contributed by atoms with Crippen molar-refractivity contribution in [1.29, 1.82) is 0 Å². The van der Waals surface area contributed by atoms with E-state index in [-0.39, 0.29) is 17.2 Å². The lowest BCUT2D eigenvalue weighted by Gasteiger charge is -2.29. The monoisotopic (exact) mass is 509 g/mol. The first-order valence-corrected chi connectivity index (χ1v) is 13.8. The van der Waals surface area contributed by atoms with Crippen molar-refractivity contribution in [3.05, 3.63) is 65.0 Å². The van der Waals surface area contributed by atoms with Gasteiger partial charge in [0.2, 0.25) is 5.91 Å². The zero-order valence-electron chi connectivity index (χ0n) is 21.8. The highest BCUT2D eigenvalue weighted by Crippen LogP contribution is 2.29. The number of anilines is 1. The number of aliphatic hydroxyl groups excluding tert-OH is 1. The number of amides is 2. The Morgan fingerprint density at radius 2 is 1.86 bits per heavy atom. The number of benzene rings is 2. The van der Waals surface area contributed by atoms with Crippen molar-refractivity contribution < 1.29 is 19.1 Å². The highest BCUT2D eigenvalue weighted by molar-refractivity contribution is 6.00. The number of rotatable bonds is 11. The molecule has 0 unspecified atom stereocenters. The van der Waals surface area contributed by atoms with Crippen LogP contribution in [0.3, 0.4) is 0 Å². The summed E-state index contributed by atoms with van der Waals surface area (Å²) in [6, 6.07) is 12.8. The quantitative estimate of drug-likeness (QED) is 0.416. The van der Waals surface area contributed by atoms with Crippen LogP contribution in [0.25, 0.3) is 0 Å². The van der Waals surface area contributed by atoms with Crippen molar-refractivity contribution in [3.8, 4) is 0 Å². The second-order valence-corrected chi connectivity index (χ2v) is 10.5. The van der Waals surface area contributed by atoms with Gasteiger partial charge in [-0.2, -0.15) is 0 Å². The van der Waals surface area contributed by atoms with Gasteiger partial charge in [0.1, 0.15) is 0 Å². The van der Waals surface area contributed by atoms with E-state index >= 15 is 4.39 Å². The minimum Gasteiger partial charge on any atom is -0.390 e. The van der Waals surface area contributed by atoms with Gasteiger partial charge in [-0.15, -0.1) is 0 Å². The molecule has 200 valence electrons. The average molecular weight is 510 g/mol. The summed E-state index contributed by atoms with van der Waals surface area (Å²) in [7, 11) is 0. The number of aryl methyl sites for hydroxylation is 1. The molecule has 1 heterocycles. The van der Waals surface area contributed by atoms with Gasteiger partial charge in [-0.25, -0.2) is 4.39 Å². The second kappa shape index (κ2) is 13.2. The first kappa shape index (κ1) is 27.3. The van der Waals surface area contributed by atoms with Crippen molar-refractivity contribution in [2.75, 3.05) is 18.0 Å². The Hall–Kier alpha value is -2.77. The van der Waals surface area contributed by atoms with Gasteiger partial charge in [0.25, 0.3) is 5.91 Å². The van der Waals surface area contributed by atoms with E-state index in [1.807, 2.05) is 37.3 Å². The van der Waals surface area contributed by atoms with Crippen molar-refractivity contribution in [2.24, 2.45) is 0 Å². The largest absolute Gasteiger partial charge is 0.390 e. The molecule has 1 aliphatic heterocycles.